The molecule has 11 heteroatoms. The first-order valence-electron chi connectivity index (χ1n) is 13.9. The van der Waals surface area contributed by atoms with Crippen molar-refractivity contribution < 1.29 is 32.2 Å². The summed E-state index contributed by atoms with van der Waals surface area (Å²) < 4.78 is 43.7. The number of methoxy groups -OCH3 is 1. The van der Waals surface area contributed by atoms with Crippen LogP contribution >= 0.6 is 0 Å². The highest BCUT2D eigenvalue weighted by atomic mass is 32.2. The highest BCUT2D eigenvalue weighted by Crippen LogP contribution is 2.39. The molecule has 0 saturated carbocycles. The van der Waals surface area contributed by atoms with E-state index in [1.807, 2.05) is 32.9 Å². The molecule has 2 N–H and O–H groups in total. The van der Waals surface area contributed by atoms with Crippen LogP contribution in [0.2, 0.25) is 0 Å². The molecule has 0 aromatic heterocycles. The lowest BCUT2D eigenvalue weighted by Gasteiger charge is -2.24. The number of benzene rings is 3. The van der Waals surface area contributed by atoms with Gasteiger partial charge in [0, 0.05) is 30.6 Å². The summed E-state index contributed by atoms with van der Waals surface area (Å²) in [5.41, 5.74) is 0.897. The number of carbonyl (C=O) groups excluding carboxylic acids is 2. The molecule has 42 heavy (non-hydrogen) atoms. The summed E-state index contributed by atoms with van der Waals surface area (Å²) in [6.45, 7) is 9.34. The molecule has 3 aromatic rings. The molecular formula is C31H39N3O7S. The first-order chi connectivity index (χ1) is 19.9. The van der Waals surface area contributed by atoms with Crippen molar-refractivity contribution in [2.45, 2.75) is 39.0 Å². The molecule has 0 unspecified atom stereocenters. The standard InChI is InChI=1S/C31H39N3O7S/c1-31(2,3)21-18-25(29(39-4)26(19-21)33-42(5,37)38)32-30(36)28(35)24-12-13-27(23-11-7-6-10-22(23)24)41-17-15-34-14-8-9-16-40-20-34/h6-7,10-13,18-19,33H,8-9,14-17,20H2,1-5H3,(H,32,36). The predicted octanol–water partition coefficient (Wildman–Crippen LogP) is 4.79. The highest BCUT2D eigenvalue weighted by molar-refractivity contribution is 7.92. The second kappa shape index (κ2) is 13.1. The maximum Gasteiger partial charge on any atom is 0.296 e. The van der Waals surface area contributed by atoms with Crippen LogP contribution < -0.4 is 19.5 Å². The molecule has 1 aliphatic rings. The third-order valence-electron chi connectivity index (χ3n) is 6.99. The van der Waals surface area contributed by atoms with Gasteiger partial charge in [0.2, 0.25) is 10.0 Å². The van der Waals surface area contributed by atoms with Crippen molar-refractivity contribution in [2.75, 3.05) is 56.4 Å². The van der Waals surface area contributed by atoms with E-state index in [9.17, 15) is 18.0 Å². The second-order valence-electron chi connectivity index (χ2n) is 11.4. The molecule has 1 saturated heterocycles. The normalized spacial score (nSPS) is 14.7. The first-order valence-corrected chi connectivity index (χ1v) is 15.8. The molecule has 0 aliphatic carbocycles. The van der Waals surface area contributed by atoms with Crippen molar-refractivity contribution >= 4 is 43.9 Å². The van der Waals surface area contributed by atoms with Gasteiger partial charge in [-0.15, -0.1) is 0 Å². The van der Waals surface area contributed by atoms with E-state index < -0.39 is 27.1 Å². The second-order valence-corrected chi connectivity index (χ2v) is 13.1. The van der Waals surface area contributed by atoms with E-state index in [1.165, 1.54) is 7.11 Å². The average molecular weight is 598 g/mol. The number of anilines is 2. The quantitative estimate of drug-likeness (QED) is 0.253. The van der Waals surface area contributed by atoms with Crippen molar-refractivity contribution in [1.29, 1.82) is 0 Å². The molecule has 0 bridgehead atoms. The first kappa shape index (κ1) is 31.3. The Morgan fingerprint density at radius 3 is 2.43 bits per heavy atom. The number of ketones is 1. The molecule has 4 rings (SSSR count). The Morgan fingerprint density at radius 1 is 1.02 bits per heavy atom. The lowest BCUT2D eigenvalue weighted by Crippen LogP contribution is -2.30. The van der Waals surface area contributed by atoms with Crippen LogP contribution in [0.3, 0.4) is 0 Å². The van der Waals surface area contributed by atoms with Crippen molar-refractivity contribution in [3.05, 3.63) is 59.7 Å². The van der Waals surface area contributed by atoms with Gasteiger partial charge >= 0.3 is 0 Å². The SMILES string of the molecule is COc1c(NC(=O)C(=O)c2ccc(OCCN3CCCCOC3)c3ccccc23)cc(C(C)(C)C)cc1NS(C)(=O)=O. The van der Waals surface area contributed by atoms with Crippen molar-refractivity contribution in [1.82, 2.24) is 4.90 Å². The van der Waals surface area contributed by atoms with E-state index in [-0.39, 0.29) is 22.7 Å². The van der Waals surface area contributed by atoms with Crippen molar-refractivity contribution in [2.24, 2.45) is 0 Å². The number of Topliss-reactive ketones (excluding diaryl/α,β-unsaturated/α-hetero) is 1. The van der Waals surface area contributed by atoms with Crippen LogP contribution in [0.4, 0.5) is 11.4 Å². The summed E-state index contributed by atoms with van der Waals surface area (Å²) in [5, 5.41) is 3.96. The molecule has 226 valence electrons. The van der Waals surface area contributed by atoms with E-state index in [4.69, 9.17) is 14.2 Å². The fourth-order valence-corrected chi connectivity index (χ4v) is 5.36. The largest absolute Gasteiger partial charge is 0.492 e. The van der Waals surface area contributed by atoms with Crippen LogP contribution in [0.25, 0.3) is 10.8 Å². The third kappa shape index (κ3) is 7.78. The van der Waals surface area contributed by atoms with Gasteiger partial charge in [-0.1, -0.05) is 45.0 Å². The van der Waals surface area contributed by atoms with Crippen LogP contribution in [0.5, 0.6) is 11.5 Å². The number of rotatable bonds is 10. The molecule has 0 atom stereocenters. The fraction of sp³-hybridized carbons (Fsp3) is 0.419. The molecule has 0 radical (unpaired) electrons. The predicted molar refractivity (Wildman–Crippen MR) is 164 cm³/mol. The summed E-state index contributed by atoms with van der Waals surface area (Å²) in [6.07, 6.45) is 3.17. The van der Waals surface area contributed by atoms with Crippen molar-refractivity contribution in [3.8, 4) is 11.5 Å². The Bertz CT molecular complexity index is 1560. The van der Waals surface area contributed by atoms with Crippen LogP contribution in [0, 0.1) is 0 Å². The van der Waals surface area contributed by atoms with E-state index in [1.54, 1.807) is 36.4 Å². The zero-order valence-electron chi connectivity index (χ0n) is 24.8. The van der Waals surface area contributed by atoms with Gasteiger partial charge in [0.25, 0.3) is 11.7 Å². The zero-order chi connectivity index (χ0) is 30.5. The number of ether oxygens (including phenoxy) is 3. The molecule has 1 aliphatic heterocycles. The highest BCUT2D eigenvalue weighted by Gasteiger charge is 2.25. The zero-order valence-corrected chi connectivity index (χ0v) is 25.6. The number of fused-ring (bicyclic) bond motifs is 1. The van der Waals surface area contributed by atoms with E-state index in [0.717, 1.165) is 43.2 Å². The Balaban J connectivity index is 1.59. The van der Waals surface area contributed by atoms with Crippen molar-refractivity contribution in [3.63, 3.8) is 0 Å². The molecular weight excluding hydrogens is 558 g/mol. The Hall–Kier alpha value is -3.67. The molecule has 3 aromatic carbocycles. The van der Waals surface area contributed by atoms with Gasteiger partial charge in [-0.3, -0.25) is 19.2 Å². The maximum atomic E-state index is 13.5. The van der Waals surface area contributed by atoms with E-state index in [2.05, 4.69) is 14.9 Å². The Labute approximate surface area is 247 Å². The lowest BCUT2D eigenvalue weighted by molar-refractivity contribution is -0.112. The van der Waals surface area contributed by atoms with E-state index in [0.29, 0.717) is 31.0 Å². The number of sulfonamides is 1. The van der Waals surface area contributed by atoms with Gasteiger partial charge < -0.3 is 19.5 Å². The number of carbonyl (C=O) groups is 2. The topological polar surface area (TPSA) is 123 Å². The number of hydrogen-bond donors (Lipinski definition) is 2. The van der Waals surface area contributed by atoms with Gasteiger partial charge in [-0.05, 0) is 53.5 Å². The summed E-state index contributed by atoms with van der Waals surface area (Å²) in [4.78, 5) is 29.0. The number of hydrogen-bond acceptors (Lipinski definition) is 8. The minimum Gasteiger partial charge on any atom is -0.492 e. The molecule has 0 spiro atoms. The van der Waals surface area contributed by atoms with Gasteiger partial charge in [0.05, 0.1) is 31.5 Å². The fourth-order valence-electron chi connectivity index (χ4n) is 4.81. The number of nitrogens with one attached hydrogen (secondary N) is 2. The minimum absolute atomic E-state index is 0.0954. The Kier molecular flexibility index (Phi) is 9.75. The minimum atomic E-state index is -3.65. The van der Waals surface area contributed by atoms with Gasteiger partial charge in [-0.25, -0.2) is 8.42 Å². The molecule has 1 fully saturated rings. The summed E-state index contributed by atoms with van der Waals surface area (Å²) in [5.74, 6) is -0.919. The molecule has 1 heterocycles. The summed E-state index contributed by atoms with van der Waals surface area (Å²) in [6, 6.07) is 13.9. The number of nitrogens with zero attached hydrogens (tertiary/aromatic N) is 1. The smallest absolute Gasteiger partial charge is 0.296 e. The Morgan fingerprint density at radius 2 is 1.74 bits per heavy atom. The summed E-state index contributed by atoms with van der Waals surface area (Å²) >= 11 is 0. The third-order valence-corrected chi connectivity index (χ3v) is 7.58. The van der Waals surface area contributed by atoms with Gasteiger partial charge in [-0.2, -0.15) is 0 Å². The van der Waals surface area contributed by atoms with Crippen LogP contribution in [-0.4, -0.2) is 71.4 Å². The average Bonchev–Trinajstić information content (AvgIpc) is 3.20. The monoisotopic (exact) mass is 597 g/mol. The van der Waals surface area contributed by atoms with Crippen LogP contribution in [0.15, 0.2) is 48.5 Å². The van der Waals surface area contributed by atoms with E-state index >= 15 is 0 Å². The number of amides is 1. The van der Waals surface area contributed by atoms with Gasteiger partial charge in [0.1, 0.15) is 12.4 Å². The summed E-state index contributed by atoms with van der Waals surface area (Å²) in [7, 11) is -2.29. The van der Waals surface area contributed by atoms with Gasteiger partial charge in [0.15, 0.2) is 5.75 Å². The van der Waals surface area contributed by atoms with Crippen LogP contribution in [0.1, 0.15) is 49.5 Å². The lowest BCUT2D eigenvalue weighted by atomic mass is 9.86. The van der Waals surface area contributed by atoms with Crippen LogP contribution in [-0.2, 0) is 25.0 Å². The maximum absolute atomic E-state index is 13.5. The molecule has 1 amide bonds. The molecule has 10 nitrogen and oxygen atoms in total.